The van der Waals surface area contributed by atoms with E-state index in [1.807, 2.05) is 0 Å². The van der Waals surface area contributed by atoms with Crippen LogP contribution >= 0.6 is 0 Å². The highest BCUT2D eigenvalue weighted by molar-refractivity contribution is 6.09. The zero-order valence-corrected chi connectivity index (χ0v) is 10.5. The molecule has 0 bridgehead atoms. The van der Waals surface area contributed by atoms with E-state index in [0.717, 1.165) is 24.5 Å². The minimum atomic E-state index is -4.76. The molecule has 2 aromatic rings. The Balaban J connectivity index is 2.41. The summed E-state index contributed by atoms with van der Waals surface area (Å²) in [5.41, 5.74) is -3.43. The number of halogens is 6. The highest BCUT2D eigenvalue weighted by Gasteiger charge is 2.34. The molecule has 0 fully saturated rings. The number of alkyl halides is 6. The Morgan fingerprint density at radius 1 is 0.773 bits per heavy atom. The van der Waals surface area contributed by atoms with E-state index in [9.17, 15) is 31.1 Å². The van der Waals surface area contributed by atoms with Gasteiger partial charge in [-0.3, -0.25) is 14.8 Å². The van der Waals surface area contributed by atoms with Crippen molar-refractivity contribution in [1.82, 2.24) is 9.97 Å². The normalized spacial score (nSPS) is 12.3. The maximum atomic E-state index is 12.5. The van der Waals surface area contributed by atoms with Gasteiger partial charge < -0.3 is 0 Å². The van der Waals surface area contributed by atoms with Gasteiger partial charge in [-0.25, -0.2) is 0 Å². The van der Waals surface area contributed by atoms with Crippen molar-refractivity contribution < 1.29 is 31.1 Å². The van der Waals surface area contributed by atoms with E-state index >= 15 is 0 Å². The van der Waals surface area contributed by atoms with Crippen molar-refractivity contribution in [3.8, 4) is 0 Å². The van der Waals surface area contributed by atoms with Crippen molar-refractivity contribution in [2.24, 2.45) is 0 Å². The minimum absolute atomic E-state index is 0.415. The van der Waals surface area contributed by atoms with Gasteiger partial charge >= 0.3 is 12.4 Å². The third-order valence-electron chi connectivity index (χ3n) is 2.63. The summed E-state index contributed by atoms with van der Waals surface area (Å²) in [6.45, 7) is 0. The summed E-state index contributed by atoms with van der Waals surface area (Å²) in [5, 5.41) is 0. The van der Waals surface area contributed by atoms with Crippen LogP contribution in [0.1, 0.15) is 27.3 Å². The van der Waals surface area contributed by atoms with Crippen LogP contribution in [0.2, 0.25) is 0 Å². The van der Waals surface area contributed by atoms with Gasteiger partial charge in [-0.15, -0.1) is 0 Å². The Morgan fingerprint density at radius 2 is 1.14 bits per heavy atom. The van der Waals surface area contributed by atoms with Crippen molar-refractivity contribution in [2.75, 3.05) is 0 Å². The van der Waals surface area contributed by atoms with Gasteiger partial charge in [0.15, 0.2) is 5.78 Å². The fraction of sp³-hybridized carbons (Fsp3) is 0.154. The number of nitrogens with zero attached hydrogens (tertiary/aromatic N) is 2. The first kappa shape index (κ1) is 15.9. The van der Waals surface area contributed by atoms with Crippen molar-refractivity contribution in [3.05, 3.63) is 59.2 Å². The second kappa shape index (κ2) is 5.39. The van der Waals surface area contributed by atoms with Gasteiger partial charge in [0.25, 0.3) is 0 Å². The fourth-order valence-corrected chi connectivity index (χ4v) is 1.62. The molecule has 0 aliphatic heterocycles. The van der Waals surface area contributed by atoms with Crippen LogP contribution in [0, 0.1) is 0 Å². The van der Waals surface area contributed by atoms with E-state index in [1.165, 1.54) is 0 Å². The highest BCUT2D eigenvalue weighted by Crippen LogP contribution is 2.30. The monoisotopic (exact) mass is 320 g/mol. The van der Waals surface area contributed by atoms with Crippen LogP contribution in [0.25, 0.3) is 0 Å². The largest absolute Gasteiger partial charge is 0.433 e. The summed E-state index contributed by atoms with van der Waals surface area (Å²) < 4.78 is 75.1. The predicted molar refractivity (Wildman–Crippen MR) is 61.9 cm³/mol. The molecule has 2 heterocycles. The summed E-state index contributed by atoms with van der Waals surface area (Å²) in [6.07, 6.45) is -7.98. The number of aromatic nitrogens is 2. The van der Waals surface area contributed by atoms with Crippen LogP contribution in [0.3, 0.4) is 0 Å². The molecule has 0 aliphatic rings. The SMILES string of the molecule is O=C(c1ccnc(C(F)(F)F)c1)c1ccnc(C(F)(F)F)c1. The Bertz CT molecular complexity index is 649. The molecule has 22 heavy (non-hydrogen) atoms. The molecule has 2 aromatic heterocycles. The van der Waals surface area contributed by atoms with Gasteiger partial charge in [0.1, 0.15) is 11.4 Å². The van der Waals surface area contributed by atoms with E-state index in [1.54, 1.807) is 0 Å². The lowest BCUT2D eigenvalue weighted by Crippen LogP contribution is -2.12. The van der Waals surface area contributed by atoms with Crippen molar-refractivity contribution >= 4 is 5.78 Å². The van der Waals surface area contributed by atoms with E-state index in [2.05, 4.69) is 9.97 Å². The Kier molecular flexibility index (Phi) is 3.90. The first-order valence-electron chi connectivity index (χ1n) is 5.70. The second-order valence-corrected chi connectivity index (χ2v) is 4.18. The van der Waals surface area contributed by atoms with Gasteiger partial charge in [0, 0.05) is 23.5 Å². The number of hydrogen-bond donors (Lipinski definition) is 0. The molecule has 0 amide bonds. The van der Waals surface area contributed by atoms with Crippen molar-refractivity contribution in [1.29, 1.82) is 0 Å². The van der Waals surface area contributed by atoms with Crippen molar-refractivity contribution in [3.63, 3.8) is 0 Å². The lowest BCUT2D eigenvalue weighted by molar-refractivity contribution is -0.141. The van der Waals surface area contributed by atoms with E-state index < -0.39 is 40.7 Å². The zero-order chi connectivity index (χ0) is 16.5. The number of ketones is 1. The average molecular weight is 320 g/mol. The van der Waals surface area contributed by atoms with Crippen molar-refractivity contribution in [2.45, 2.75) is 12.4 Å². The second-order valence-electron chi connectivity index (χ2n) is 4.18. The zero-order valence-electron chi connectivity index (χ0n) is 10.5. The molecule has 0 N–H and O–H groups in total. The fourth-order valence-electron chi connectivity index (χ4n) is 1.62. The molecule has 0 aromatic carbocycles. The molecule has 0 aliphatic carbocycles. The number of carbonyl (C=O) groups excluding carboxylic acids is 1. The number of rotatable bonds is 2. The number of pyridine rings is 2. The molecule has 3 nitrogen and oxygen atoms in total. The van der Waals surface area contributed by atoms with Crippen LogP contribution in [-0.4, -0.2) is 15.8 Å². The third kappa shape index (κ3) is 3.41. The summed E-state index contributed by atoms with van der Waals surface area (Å²) in [5.74, 6) is -0.985. The molecule has 0 spiro atoms. The molecule has 9 heteroatoms. The van der Waals surface area contributed by atoms with Crippen LogP contribution in [0.4, 0.5) is 26.3 Å². The summed E-state index contributed by atoms with van der Waals surface area (Å²) in [7, 11) is 0. The molecule has 0 saturated carbocycles. The first-order valence-corrected chi connectivity index (χ1v) is 5.70. The smallest absolute Gasteiger partial charge is 0.289 e. The predicted octanol–water partition coefficient (Wildman–Crippen LogP) is 3.75. The first-order chi connectivity index (χ1) is 10.1. The summed E-state index contributed by atoms with van der Waals surface area (Å²) in [6, 6.07) is 2.95. The molecule has 0 radical (unpaired) electrons. The lowest BCUT2D eigenvalue weighted by Gasteiger charge is -2.09. The van der Waals surface area contributed by atoms with Gasteiger partial charge in [0.2, 0.25) is 0 Å². The van der Waals surface area contributed by atoms with Gasteiger partial charge in [0.05, 0.1) is 0 Å². The van der Waals surface area contributed by atoms with Gasteiger partial charge in [-0.05, 0) is 24.3 Å². The maximum Gasteiger partial charge on any atom is 0.433 e. The Hall–Kier alpha value is -2.45. The van der Waals surface area contributed by atoms with Crippen LogP contribution in [0.15, 0.2) is 36.7 Å². The topological polar surface area (TPSA) is 42.9 Å². The summed E-state index contributed by atoms with van der Waals surface area (Å²) in [4.78, 5) is 18.2. The molecule has 0 unspecified atom stereocenters. The molecular weight excluding hydrogens is 314 g/mol. The number of hydrogen-bond acceptors (Lipinski definition) is 3. The van der Waals surface area contributed by atoms with Crippen LogP contribution in [-0.2, 0) is 12.4 Å². The minimum Gasteiger partial charge on any atom is -0.289 e. The molecule has 0 atom stereocenters. The number of carbonyl (C=O) groups is 1. The van der Waals surface area contributed by atoms with Gasteiger partial charge in [-0.2, -0.15) is 26.3 Å². The Morgan fingerprint density at radius 3 is 1.45 bits per heavy atom. The van der Waals surface area contributed by atoms with Crippen LogP contribution < -0.4 is 0 Å². The van der Waals surface area contributed by atoms with Crippen LogP contribution in [0.5, 0.6) is 0 Å². The molecular formula is C13H6F6N2O. The highest BCUT2D eigenvalue weighted by atomic mass is 19.4. The maximum absolute atomic E-state index is 12.5. The third-order valence-corrected chi connectivity index (χ3v) is 2.63. The van der Waals surface area contributed by atoms with E-state index in [4.69, 9.17) is 0 Å². The summed E-state index contributed by atoms with van der Waals surface area (Å²) >= 11 is 0. The van der Waals surface area contributed by atoms with E-state index in [-0.39, 0.29) is 0 Å². The quantitative estimate of drug-likeness (QED) is 0.625. The lowest BCUT2D eigenvalue weighted by atomic mass is 10.0. The van der Waals surface area contributed by atoms with Gasteiger partial charge in [-0.1, -0.05) is 0 Å². The molecule has 116 valence electrons. The van der Waals surface area contributed by atoms with E-state index in [0.29, 0.717) is 12.1 Å². The standard InChI is InChI=1S/C13H6F6N2O/c14-12(15,16)9-5-7(1-3-20-9)11(22)8-2-4-21-10(6-8)13(17,18)19/h1-6H. The molecule has 2 rings (SSSR count). The average Bonchev–Trinajstić information content (AvgIpc) is 2.45. The Labute approximate surface area is 119 Å². The molecule has 0 saturated heterocycles.